The number of aliphatic hydroxyl groups is 1. The van der Waals surface area contributed by atoms with Gasteiger partial charge < -0.3 is 9.84 Å². The fraction of sp³-hybridized carbons (Fsp3) is 0.538. The lowest BCUT2D eigenvalue weighted by Gasteiger charge is -2.29. The van der Waals surface area contributed by atoms with Gasteiger partial charge in [0.1, 0.15) is 12.4 Å². The molecule has 2 rings (SSSR count). The van der Waals surface area contributed by atoms with Gasteiger partial charge in [-0.25, -0.2) is 0 Å². The van der Waals surface area contributed by atoms with E-state index in [1.807, 2.05) is 0 Å². The highest BCUT2D eigenvalue weighted by Crippen LogP contribution is 2.27. The molecule has 1 heterocycles. The number of halogens is 2. The van der Waals surface area contributed by atoms with Crippen LogP contribution in [0.3, 0.4) is 0 Å². The summed E-state index contributed by atoms with van der Waals surface area (Å²) in [4.78, 5) is 2.21. The Kier molecular flexibility index (Phi) is 5.13. The average Bonchev–Trinajstić information content (AvgIpc) is 2.32. The third-order valence-corrected chi connectivity index (χ3v) is 3.57. The van der Waals surface area contributed by atoms with E-state index in [0.717, 1.165) is 32.5 Å². The number of likely N-dealkylation sites (tertiary alicyclic amines) is 1. The van der Waals surface area contributed by atoms with Crippen molar-refractivity contribution in [2.75, 3.05) is 26.2 Å². The highest BCUT2D eigenvalue weighted by atomic mass is 35.5. The van der Waals surface area contributed by atoms with Crippen molar-refractivity contribution in [2.24, 2.45) is 0 Å². The molecule has 100 valence electrons. The largest absolute Gasteiger partial charge is 0.491 e. The number of benzene rings is 1. The summed E-state index contributed by atoms with van der Waals surface area (Å²) in [6.45, 7) is 3.12. The second-order valence-electron chi connectivity index (χ2n) is 4.52. The minimum absolute atomic E-state index is 0.196. The van der Waals surface area contributed by atoms with Gasteiger partial charge in [-0.05, 0) is 37.6 Å². The van der Waals surface area contributed by atoms with Gasteiger partial charge in [0.05, 0.1) is 11.1 Å². The Bertz CT molecular complexity index is 401. The van der Waals surface area contributed by atoms with E-state index in [-0.39, 0.29) is 6.10 Å². The molecule has 3 nitrogen and oxygen atoms in total. The Labute approximate surface area is 117 Å². The molecule has 1 aromatic rings. The van der Waals surface area contributed by atoms with Gasteiger partial charge in [-0.15, -0.1) is 0 Å². The van der Waals surface area contributed by atoms with Crippen LogP contribution in [0.5, 0.6) is 5.75 Å². The van der Waals surface area contributed by atoms with Gasteiger partial charge in [0, 0.05) is 18.1 Å². The molecule has 18 heavy (non-hydrogen) atoms. The number of hydrogen-bond acceptors (Lipinski definition) is 3. The highest BCUT2D eigenvalue weighted by molar-refractivity contribution is 6.35. The molecular weight excluding hydrogens is 273 g/mol. The Morgan fingerprint density at radius 2 is 2.22 bits per heavy atom. The number of rotatable bonds is 4. The van der Waals surface area contributed by atoms with Crippen molar-refractivity contribution >= 4 is 23.2 Å². The van der Waals surface area contributed by atoms with Crippen molar-refractivity contribution in [1.82, 2.24) is 4.90 Å². The molecule has 1 aromatic carbocycles. The van der Waals surface area contributed by atoms with Crippen LogP contribution in [0.15, 0.2) is 18.2 Å². The van der Waals surface area contributed by atoms with Crippen LogP contribution in [0.2, 0.25) is 10.0 Å². The van der Waals surface area contributed by atoms with E-state index < -0.39 is 0 Å². The number of piperidine rings is 1. The van der Waals surface area contributed by atoms with Crippen LogP contribution in [-0.2, 0) is 0 Å². The van der Waals surface area contributed by atoms with E-state index in [9.17, 15) is 5.11 Å². The zero-order valence-electron chi connectivity index (χ0n) is 10.1. The van der Waals surface area contributed by atoms with Crippen molar-refractivity contribution < 1.29 is 9.84 Å². The topological polar surface area (TPSA) is 32.7 Å². The van der Waals surface area contributed by atoms with Crippen molar-refractivity contribution in [2.45, 2.75) is 18.9 Å². The predicted molar refractivity (Wildman–Crippen MR) is 73.6 cm³/mol. The minimum atomic E-state index is -0.196. The maximum Gasteiger partial charge on any atom is 0.138 e. The number of nitrogens with zero attached hydrogens (tertiary/aromatic N) is 1. The maximum absolute atomic E-state index is 9.55. The summed E-state index contributed by atoms with van der Waals surface area (Å²) in [5, 5.41) is 10.7. The lowest BCUT2D eigenvalue weighted by molar-refractivity contribution is 0.0633. The summed E-state index contributed by atoms with van der Waals surface area (Å²) in [7, 11) is 0. The number of hydrogen-bond donors (Lipinski definition) is 1. The lowest BCUT2D eigenvalue weighted by atomic mass is 10.1. The van der Waals surface area contributed by atoms with Crippen molar-refractivity contribution in [3.63, 3.8) is 0 Å². The Balaban J connectivity index is 1.77. The molecule has 0 amide bonds. The Morgan fingerprint density at radius 1 is 1.39 bits per heavy atom. The first kappa shape index (κ1) is 13.9. The molecule has 1 atom stereocenters. The molecule has 0 aromatic heterocycles. The second-order valence-corrected chi connectivity index (χ2v) is 5.36. The van der Waals surface area contributed by atoms with Crippen LogP contribution in [0.1, 0.15) is 12.8 Å². The van der Waals surface area contributed by atoms with Gasteiger partial charge in [-0.1, -0.05) is 23.2 Å². The smallest absolute Gasteiger partial charge is 0.138 e. The lowest BCUT2D eigenvalue weighted by Crippen LogP contribution is -2.40. The summed E-state index contributed by atoms with van der Waals surface area (Å²) in [6.07, 6.45) is 1.75. The van der Waals surface area contributed by atoms with E-state index in [1.165, 1.54) is 0 Å². The first-order valence-electron chi connectivity index (χ1n) is 6.13. The first-order chi connectivity index (χ1) is 8.65. The molecule has 1 fully saturated rings. The number of aliphatic hydroxyl groups excluding tert-OH is 1. The second kappa shape index (κ2) is 6.62. The van der Waals surface area contributed by atoms with E-state index >= 15 is 0 Å². The zero-order valence-corrected chi connectivity index (χ0v) is 11.6. The summed E-state index contributed by atoms with van der Waals surface area (Å²) in [5.41, 5.74) is 0. The number of ether oxygens (including phenoxy) is 1. The van der Waals surface area contributed by atoms with E-state index in [2.05, 4.69) is 4.90 Å². The molecule has 1 saturated heterocycles. The third-order valence-electron chi connectivity index (χ3n) is 3.04. The van der Waals surface area contributed by atoms with E-state index in [0.29, 0.717) is 22.4 Å². The maximum atomic E-state index is 9.55. The van der Waals surface area contributed by atoms with Crippen molar-refractivity contribution in [3.05, 3.63) is 28.2 Å². The molecule has 1 N–H and O–H groups in total. The molecule has 1 aliphatic rings. The molecule has 0 bridgehead atoms. The molecule has 0 saturated carbocycles. The Hall–Kier alpha value is -0.480. The molecule has 1 unspecified atom stereocenters. The molecule has 1 aliphatic heterocycles. The normalized spacial score (nSPS) is 20.9. The molecular formula is C13H17Cl2NO2. The van der Waals surface area contributed by atoms with Gasteiger partial charge in [0.25, 0.3) is 0 Å². The predicted octanol–water partition coefficient (Wildman–Crippen LogP) is 2.83. The average molecular weight is 290 g/mol. The van der Waals surface area contributed by atoms with Crippen LogP contribution in [-0.4, -0.2) is 42.4 Å². The van der Waals surface area contributed by atoms with Gasteiger partial charge in [0.15, 0.2) is 0 Å². The zero-order chi connectivity index (χ0) is 13.0. The van der Waals surface area contributed by atoms with Crippen LogP contribution in [0.25, 0.3) is 0 Å². The summed E-state index contributed by atoms with van der Waals surface area (Å²) in [6, 6.07) is 5.20. The molecule has 0 radical (unpaired) electrons. The van der Waals surface area contributed by atoms with Gasteiger partial charge in [0.2, 0.25) is 0 Å². The van der Waals surface area contributed by atoms with Crippen LogP contribution < -0.4 is 4.74 Å². The van der Waals surface area contributed by atoms with Crippen LogP contribution in [0.4, 0.5) is 0 Å². The minimum Gasteiger partial charge on any atom is -0.491 e. The standard InChI is InChI=1S/C13H17Cl2NO2/c14-10-3-4-13(12(15)8-10)18-7-6-16-5-1-2-11(17)9-16/h3-4,8,11,17H,1-2,5-7,9H2. The van der Waals surface area contributed by atoms with E-state index in [1.54, 1.807) is 18.2 Å². The van der Waals surface area contributed by atoms with E-state index in [4.69, 9.17) is 27.9 Å². The highest BCUT2D eigenvalue weighted by Gasteiger charge is 2.17. The summed E-state index contributed by atoms with van der Waals surface area (Å²) >= 11 is 11.8. The fourth-order valence-corrected chi connectivity index (χ4v) is 2.57. The third kappa shape index (κ3) is 4.02. The van der Waals surface area contributed by atoms with Gasteiger partial charge in [-0.2, -0.15) is 0 Å². The Morgan fingerprint density at radius 3 is 2.94 bits per heavy atom. The quantitative estimate of drug-likeness (QED) is 0.925. The van der Waals surface area contributed by atoms with Crippen molar-refractivity contribution in [3.8, 4) is 5.75 Å². The summed E-state index contributed by atoms with van der Waals surface area (Å²) in [5.74, 6) is 0.652. The van der Waals surface area contributed by atoms with Gasteiger partial charge in [-0.3, -0.25) is 4.90 Å². The number of β-amino-alcohol motifs (C(OH)–C–C–N with tert-alkyl or cyclic N) is 1. The SMILES string of the molecule is OC1CCCN(CCOc2ccc(Cl)cc2Cl)C1. The van der Waals surface area contributed by atoms with Crippen LogP contribution in [0, 0.1) is 0 Å². The van der Waals surface area contributed by atoms with Crippen molar-refractivity contribution in [1.29, 1.82) is 0 Å². The summed E-state index contributed by atoms with van der Waals surface area (Å²) < 4.78 is 5.62. The molecule has 0 aliphatic carbocycles. The van der Waals surface area contributed by atoms with Crippen LogP contribution >= 0.6 is 23.2 Å². The fourth-order valence-electron chi connectivity index (χ4n) is 2.11. The monoisotopic (exact) mass is 289 g/mol. The molecule has 5 heteroatoms. The molecule has 0 spiro atoms. The first-order valence-corrected chi connectivity index (χ1v) is 6.89. The van der Waals surface area contributed by atoms with Gasteiger partial charge >= 0.3 is 0 Å².